The van der Waals surface area contributed by atoms with Crippen molar-refractivity contribution in [3.8, 4) is 0 Å². The van der Waals surface area contributed by atoms with Crippen LogP contribution < -0.4 is 5.32 Å². The molecule has 1 rings (SSSR count). The Labute approximate surface area is 85.2 Å². The standard InChI is InChI=1S/C10H17NOS/c12-10(6-8-13)11-7-5-9-3-1-2-4-9/h3,13H,1-2,4-8H2,(H,11,12). The van der Waals surface area contributed by atoms with Gasteiger partial charge in [0.15, 0.2) is 0 Å². The molecule has 1 aliphatic rings. The normalized spacial score (nSPS) is 15.6. The van der Waals surface area contributed by atoms with Crippen molar-refractivity contribution in [1.82, 2.24) is 5.32 Å². The first-order chi connectivity index (χ1) is 6.33. The van der Waals surface area contributed by atoms with Gasteiger partial charge in [0.05, 0.1) is 0 Å². The number of hydrogen-bond donors (Lipinski definition) is 2. The van der Waals surface area contributed by atoms with Gasteiger partial charge in [-0.3, -0.25) is 4.79 Å². The highest BCUT2D eigenvalue weighted by Gasteiger charge is 2.04. The highest BCUT2D eigenvalue weighted by Crippen LogP contribution is 2.19. The first kappa shape index (κ1) is 10.6. The van der Waals surface area contributed by atoms with E-state index in [-0.39, 0.29) is 5.91 Å². The molecule has 13 heavy (non-hydrogen) atoms. The summed E-state index contributed by atoms with van der Waals surface area (Å²) < 4.78 is 0. The Morgan fingerprint density at radius 2 is 2.46 bits per heavy atom. The molecule has 0 aromatic rings. The Balaban J connectivity index is 2.03. The van der Waals surface area contributed by atoms with Crippen LogP contribution in [0.1, 0.15) is 32.1 Å². The van der Waals surface area contributed by atoms with E-state index in [0.717, 1.165) is 13.0 Å². The number of carbonyl (C=O) groups excluding carboxylic acids is 1. The Morgan fingerprint density at radius 1 is 1.62 bits per heavy atom. The van der Waals surface area contributed by atoms with Gasteiger partial charge in [0.2, 0.25) is 5.91 Å². The zero-order chi connectivity index (χ0) is 9.52. The Bertz CT molecular complexity index is 201. The van der Waals surface area contributed by atoms with E-state index in [0.29, 0.717) is 12.2 Å². The molecule has 0 saturated carbocycles. The fraction of sp³-hybridized carbons (Fsp3) is 0.700. The molecule has 1 aliphatic carbocycles. The van der Waals surface area contributed by atoms with Gasteiger partial charge in [0.1, 0.15) is 0 Å². The van der Waals surface area contributed by atoms with Crippen LogP contribution in [0, 0.1) is 0 Å². The molecule has 0 aromatic carbocycles. The summed E-state index contributed by atoms with van der Waals surface area (Å²) in [6.07, 6.45) is 7.59. The molecule has 0 saturated heterocycles. The van der Waals surface area contributed by atoms with E-state index in [1.54, 1.807) is 0 Å². The van der Waals surface area contributed by atoms with Gasteiger partial charge in [0.25, 0.3) is 0 Å². The van der Waals surface area contributed by atoms with Crippen LogP contribution in [0.5, 0.6) is 0 Å². The minimum Gasteiger partial charge on any atom is -0.356 e. The van der Waals surface area contributed by atoms with E-state index in [2.05, 4.69) is 24.0 Å². The predicted octanol–water partition coefficient (Wildman–Crippen LogP) is 1.92. The molecule has 0 fully saturated rings. The van der Waals surface area contributed by atoms with Crippen molar-refractivity contribution < 1.29 is 4.79 Å². The fourth-order valence-electron chi connectivity index (χ4n) is 1.52. The SMILES string of the molecule is O=C(CCS)NCCC1=CCCC1. The Hall–Kier alpha value is -0.440. The summed E-state index contributed by atoms with van der Waals surface area (Å²) in [5, 5.41) is 2.88. The summed E-state index contributed by atoms with van der Waals surface area (Å²) in [7, 11) is 0. The third-order valence-electron chi connectivity index (χ3n) is 2.24. The molecule has 0 radical (unpaired) electrons. The molecular weight excluding hydrogens is 182 g/mol. The van der Waals surface area contributed by atoms with Crippen LogP contribution in [0.3, 0.4) is 0 Å². The van der Waals surface area contributed by atoms with Crippen LogP contribution in [0.25, 0.3) is 0 Å². The van der Waals surface area contributed by atoms with Crippen molar-refractivity contribution in [3.05, 3.63) is 11.6 Å². The maximum absolute atomic E-state index is 11.0. The van der Waals surface area contributed by atoms with Gasteiger partial charge < -0.3 is 5.32 Å². The number of hydrogen-bond acceptors (Lipinski definition) is 2. The van der Waals surface area contributed by atoms with Gasteiger partial charge in [-0.05, 0) is 31.4 Å². The van der Waals surface area contributed by atoms with Crippen molar-refractivity contribution in [2.75, 3.05) is 12.3 Å². The third-order valence-corrected chi connectivity index (χ3v) is 2.47. The smallest absolute Gasteiger partial charge is 0.220 e. The zero-order valence-electron chi connectivity index (χ0n) is 7.88. The van der Waals surface area contributed by atoms with Crippen LogP contribution in [0.4, 0.5) is 0 Å². The van der Waals surface area contributed by atoms with E-state index in [1.807, 2.05) is 0 Å². The van der Waals surface area contributed by atoms with Crippen LogP contribution in [0.15, 0.2) is 11.6 Å². The molecular formula is C10H17NOS. The number of amides is 1. The van der Waals surface area contributed by atoms with Crippen LogP contribution >= 0.6 is 12.6 Å². The second-order valence-electron chi connectivity index (χ2n) is 3.33. The lowest BCUT2D eigenvalue weighted by molar-refractivity contribution is -0.120. The van der Waals surface area contributed by atoms with Gasteiger partial charge in [-0.1, -0.05) is 11.6 Å². The molecule has 0 unspecified atom stereocenters. The molecule has 0 spiro atoms. The van der Waals surface area contributed by atoms with E-state index in [1.165, 1.54) is 24.8 Å². The van der Waals surface area contributed by atoms with E-state index in [9.17, 15) is 4.79 Å². The maximum atomic E-state index is 11.0. The molecule has 1 N–H and O–H groups in total. The molecule has 74 valence electrons. The van der Waals surface area contributed by atoms with Crippen molar-refractivity contribution >= 4 is 18.5 Å². The van der Waals surface area contributed by atoms with Crippen LogP contribution in [-0.2, 0) is 4.79 Å². The van der Waals surface area contributed by atoms with E-state index >= 15 is 0 Å². The molecule has 0 bridgehead atoms. The van der Waals surface area contributed by atoms with E-state index < -0.39 is 0 Å². The second-order valence-corrected chi connectivity index (χ2v) is 3.78. The largest absolute Gasteiger partial charge is 0.356 e. The van der Waals surface area contributed by atoms with Gasteiger partial charge >= 0.3 is 0 Å². The quantitative estimate of drug-likeness (QED) is 0.514. The number of allylic oxidation sites excluding steroid dienone is 1. The summed E-state index contributed by atoms with van der Waals surface area (Å²) >= 11 is 4.00. The van der Waals surface area contributed by atoms with Gasteiger partial charge in [-0.2, -0.15) is 12.6 Å². The van der Waals surface area contributed by atoms with Crippen molar-refractivity contribution in [3.63, 3.8) is 0 Å². The Kier molecular flexibility index (Phi) is 4.98. The van der Waals surface area contributed by atoms with Crippen molar-refractivity contribution in [2.45, 2.75) is 32.1 Å². The summed E-state index contributed by atoms with van der Waals surface area (Å²) in [5.74, 6) is 0.753. The van der Waals surface area contributed by atoms with Gasteiger partial charge in [0, 0.05) is 13.0 Å². The van der Waals surface area contributed by atoms with Gasteiger partial charge in [-0.25, -0.2) is 0 Å². The highest BCUT2D eigenvalue weighted by atomic mass is 32.1. The maximum Gasteiger partial charge on any atom is 0.220 e. The molecule has 0 aromatic heterocycles. The predicted molar refractivity (Wildman–Crippen MR) is 58.0 cm³/mol. The Morgan fingerprint density at radius 3 is 3.08 bits per heavy atom. The minimum absolute atomic E-state index is 0.119. The first-order valence-electron chi connectivity index (χ1n) is 4.88. The molecule has 2 nitrogen and oxygen atoms in total. The molecule has 0 heterocycles. The molecule has 3 heteroatoms. The average molecular weight is 199 g/mol. The topological polar surface area (TPSA) is 29.1 Å². The average Bonchev–Trinajstić information content (AvgIpc) is 2.57. The number of carbonyl (C=O) groups is 1. The summed E-state index contributed by atoms with van der Waals surface area (Å²) in [4.78, 5) is 11.0. The van der Waals surface area contributed by atoms with Crippen LogP contribution in [-0.4, -0.2) is 18.2 Å². The summed E-state index contributed by atoms with van der Waals surface area (Å²) in [6, 6.07) is 0. The molecule has 0 atom stereocenters. The lowest BCUT2D eigenvalue weighted by Crippen LogP contribution is -2.24. The lowest BCUT2D eigenvalue weighted by Gasteiger charge is -2.04. The van der Waals surface area contributed by atoms with Crippen molar-refractivity contribution in [2.24, 2.45) is 0 Å². The number of thiol groups is 1. The second kappa shape index (κ2) is 6.08. The van der Waals surface area contributed by atoms with Crippen LogP contribution in [0.2, 0.25) is 0 Å². The fourth-order valence-corrected chi connectivity index (χ4v) is 1.72. The number of rotatable bonds is 5. The lowest BCUT2D eigenvalue weighted by atomic mass is 10.2. The van der Waals surface area contributed by atoms with E-state index in [4.69, 9.17) is 0 Å². The molecule has 0 aliphatic heterocycles. The minimum atomic E-state index is 0.119. The third kappa shape index (κ3) is 4.36. The monoisotopic (exact) mass is 199 g/mol. The summed E-state index contributed by atoms with van der Waals surface area (Å²) in [5.41, 5.74) is 1.51. The molecule has 1 amide bonds. The summed E-state index contributed by atoms with van der Waals surface area (Å²) in [6.45, 7) is 0.790. The zero-order valence-corrected chi connectivity index (χ0v) is 8.78. The number of nitrogens with one attached hydrogen (secondary N) is 1. The van der Waals surface area contributed by atoms with Gasteiger partial charge in [-0.15, -0.1) is 0 Å². The first-order valence-corrected chi connectivity index (χ1v) is 5.51. The van der Waals surface area contributed by atoms with Crippen molar-refractivity contribution in [1.29, 1.82) is 0 Å². The highest BCUT2D eigenvalue weighted by molar-refractivity contribution is 7.80.